The number of carbonyl (C=O) groups is 1. The number of piperidine rings is 1. The van der Waals surface area contributed by atoms with Crippen molar-refractivity contribution in [1.82, 2.24) is 14.9 Å². The summed E-state index contributed by atoms with van der Waals surface area (Å²) in [6.45, 7) is 1.49. The minimum atomic E-state index is -3.77. The number of halogens is 3. The minimum absolute atomic E-state index is 0.0459. The maximum absolute atomic E-state index is 14.8. The van der Waals surface area contributed by atoms with Crippen molar-refractivity contribution in [2.24, 2.45) is 5.41 Å². The summed E-state index contributed by atoms with van der Waals surface area (Å²) >= 11 is 14.4. The van der Waals surface area contributed by atoms with Crippen LogP contribution in [0.5, 0.6) is 0 Å². The number of hydrogen-bond acceptors (Lipinski definition) is 8. The highest BCUT2D eigenvalue weighted by molar-refractivity contribution is 7.89. The van der Waals surface area contributed by atoms with Crippen LogP contribution in [0.1, 0.15) is 59.7 Å². The maximum atomic E-state index is 14.8. The van der Waals surface area contributed by atoms with Gasteiger partial charge in [0.1, 0.15) is 17.0 Å². The fourth-order valence-corrected chi connectivity index (χ4v) is 8.05. The van der Waals surface area contributed by atoms with E-state index in [1.54, 1.807) is 0 Å². The number of carbonyl (C=O) groups excluding carboxylic acids is 1. The van der Waals surface area contributed by atoms with Gasteiger partial charge in [0, 0.05) is 35.7 Å². The molecule has 1 saturated carbocycles. The summed E-state index contributed by atoms with van der Waals surface area (Å²) in [5.74, 6) is -0.249. The molecule has 13 heteroatoms. The van der Waals surface area contributed by atoms with Crippen LogP contribution in [-0.2, 0) is 10.0 Å². The van der Waals surface area contributed by atoms with Crippen LogP contribution in [0, 0.1) is 11.2 Å². The second kappa shape index (κ2) is 10.0. The number of nitrogens with zero attached hydrogens (tertiary/aromatic N) is 3. The van der Waals surface area contributed by atoms with Gasteiger partial charge in [0.05, 0.1) is 21.0 Å². The number of thiazole rings is 1. The van der Waals surface area contributed by atoms with E-state index in [9.17, 15) is 17.6 Å². The molecule has 0 radical (unpaired) electrons. The molecule has 218 valence electrons. The molecule has 3 aliphatic rings. The second-order valence-electron chi connectivity index (χ2n) is 11.3. The molecule has 1 amide bonds. The van der Waals surface area contributed by atoms with E-state index in [0.29, 0.717) is 37.1 Å². The smallest absolute Gasteiger partial charge is 0.264 e. The van der Waals surface area contributed by atoms with Crippen LogP contribution in [0.3, 0.4) is 0 Å². The Labute approximate surface area is 255 Å². The summed E-state index contributed by atoms with van der Waals surface area (Å²) in [4.78, 5) is 18.9. The summed E-state index contributed by atoms with van der Waals surface area (Å²) in [6, 6.07) is 7.93. The molecule has 2 aromatic carbocycles. The van der Waals surface area contributed by atoms with Gasteiger partial charge in [-0.15, -0.1) is 0 Å². The lowest BCUT2D eigenvalue weighted by molar-refractivity contribution is 0.0981. The molecule has 1 spiro atoms. The van der Waals surface area contributed by atoms with Crippen molar-refractivity contribution in [3.8, 4) is 11.3 Å². The molecule has 4 aromatic rings. The number of aromatic nitrogens is 2. The molecule has 2 aliphatic carbocycles. The van der Waals surface area contributed by atoms with Gasteiger partial charge < -0.3 is 9.42 Å². The van der Waals surface area contributed by atoms with Gasteiger partial charge in [-0.3, -0.25) is 4.79 Å². The van der Waals surface area contributed by atoms with Crippen LogP contribution < -0.4 is 9.62 Å². The van der Waals surface area contributed by atoms with Crippen molar-refractivity contribution in [3.05, 3.63) is 69.2 Å². The largest absolute Gasteiger partial charge is 0.360 e. The summed E-state index contributed by atoms with van der Waals surface area (Å²) in [5, 5.41) is 6.19. The average Bonchev–Trinajstić information content (AvgIpc) is 3.51. The lowest BCUT2D eigenvalue weighted by Gasteiger charge is -2.46. The third-order valence-corrected chi connectivity index (χ3v) is 10.5. The van der Waals surface area contributed by atoms with E-state index in [4.69, 9.17) is 27.7 Å². The highest BCUT2D eigenvalue weighted by Crippen LogP contribution is 2.56. The Kier molecular flexibility index (Phi) is 6.65. The van der Waals surface area contributed by atoms with E-state index < -0.39 is 21.7 Å². The first-order valence-electron chi connectivity index (χ1n) is 13.5. The highest BCUT2D eigenvalue weighted by Gasteiger charge is 2.44. The Bertz CT molecular complexity index is 1890. The molecule has 8 nitrogen and oxygen atoms in total. The molecular formula is C29H25Cl2FN4O4S2. The molecule has 1 saturated heterocycles. The van der Waals surface area contributed by atoms with Gasteiger partial charge in [0.25, 0.3) is 5.91 Å². The first-order chi connectivity index (χ1) is 20.0. The third-order valence-electron chi connectivity index (χ3n) is 8.22. The fraction of sp³-hybridized carbons (Fsp3) is 0.345. The van der Waals surface area contributed by atoms with Gasteiger partial charge in [0.2, 0.25) is 10.0 Å². The average molecular weight is 648 g/mol. The van der Waals surface area contributed by atoms with Crippen LogP contribution >= 0.6 is 34.5 Å². The van der Waals surface area contributed by atoms with Gasteiger partial charge in [0.15, 0.2) is 10.9 Å². The Morgan fingerprint density at radius 2 is 1.86 bits per heavy atom. The van der Waals surface area contributed by atoms with Crippen LogP contribution in [0.2, 0.25) is 10.0 Å². The molecule has 2 fully saturated rings. The van der Waals surface area contributed by atoms with Gasteiger partial charge in [-0.2, -0.15) is 0 Å². The van der Waals surface area contributed by atoms with Gasteiger partial charge >= 0.3 is 0 Å². The SMILES string of the molecule is CS(=O)(=O)NC(=O)c1cc(F)c2nc(N3CCC4(C=C(c5c(-c6c(Cl)cccc6Cl)noc5C5CC5)C4)CC3)sc2c1. The monoisotopic (exact) mass is 646 g/mol. The number of hydrogen-bond donors (Lipinski definition) is 1. The van der Waals surface area contributed by atoms with Crippen molar-refractivity contribution in [2.45, 2.75) is 38.0 Å². The van der Waals surface area contributed by atoms with E-state index in [1.165, 1.54) is 23.0 Å². The Morgan fingerprint density at radius 1 is 1.17 bits per heavy atom. The number of anilines is 1. The molecule has 0 atom stereocenters. The van der Waals surface area contributed by atoms with Crippen LogP contribution in [0.4, 0.5) is 9.52 Å². The Balaban J connectivity index is 1.11. The van der Waals surface area contributed by atoms with Crippen LogP contribution in [-0.4, -0.2) is 43.8 Å². The first kappa shape index (κ1) is 27.8. The van der Waals surface area contributed by atoms with Crippen molar-refractivity contribution in [3.63, 3.8) is 0 Å². The van der Waals surface area contributed by atoms with Gasteiger partial charge in [-0.1, -0.05) is 51.8 Å². The Morgan fingerprint density at radius 3 is 2.50 bits per heavy atom. The lowest BCUT2D eigenvalue weighted by atomic mass is 9.63. The first-order valence-corrected chi connectivity index (χ1v) is 17.0. The molecule has 0 bridgehead atoms. The van der Waals surface area contributed by atoms with Crippen LogP contribution in [0.15, 0.2) is 40.9 Å². The van der Waals surface area contributed by atoms with Gasteiger partial charge in [-0.25, -0.2) is 22.5 Å². The maximum Gasteiger partial charge on any atom is 0.264 e. The topological polar surface area (TPSA) is 105 Å². The van der Waals surface area contributed by atoms with E-state index in [2.05, 4.69) is 21.1 Å². The molecule has 0 unspecified atom stereocenters. The van der Waals surface area contributed by atoms with E-state index in [1.807, 2.05) is 22.9 Å². The quantitative estimate of drug-likeness (QED) is 0.239. The number of rotatable bonds is 6. The molecule has 42 heavy (non-hydrogen) atoms. The third kappa shape index (κ3) is 5.00. The summed E-state index contributed by atoms with van der Waals surface area (Å²) in [7, 11) is -3.77. The minimum Gasteiger partial charge on any atom is -0.360 e. The van der Waals surface area contributed by atoms with Crippen molar-refractivity contribution >= 4 is 71.4 Å². The van der Waals surface area contributed by atoms with E-state index in [0.717, 1.165) is 68.8 Å². The molecule has 1 N–H and O–H groups in total. The number of nitrogens with one attached hydrogen (secondary N) is 1. The zero-order valence-corrected chi connectivity index (χ0v) is 25.6. The van der Waals surface area contributed by atoms with Crippen molar-refractivity contribution < 1.29 is 22.1 Å². The zero-order chi connectivity index (χ0) is 29.4. The van der Waals surface area contributed by atoms with Crippen molar-refractivity contribution in [2.75, 3.05) is 24.2 Å². The summed E-state index contributed by atoms with van der Waals surface area (Å²) in [6.07, 6.45) is 8.09. The number of amides is 1. The predicted molar refractivity (Wildman–Crippen MR) is 162 cm³/mol. The fourth-order valence-electron chi connectivity index (χ4n) is 5.95. The predicted octanol–water partition coefficient (Wildman–Crippen LogP) is 7.04. The van der Waals surface area contributed by atoms with E-state index in [-0.39, 0.29) is 16.5 Å². The molecule has 7 rings (SSSR count). The highest BCUT2D eigenvalue weighted by atomic mass is 35.5. The molecule has 1 aliphatic heterocycles. The summed E-state index contributed by atoms with van der Waals surface area (Å²) in [5.41, 5.74) is 3.78. The van der Waals surface area contributed by atoms with Crippen LogP contribution in [0.25, 0.3) is 27.0 Å². The molecular weight excluding hydrogens is 622 g/mol. The van der Waals surface area contributed by atoms with Crippen molar-refractivity contribution in [1.29, 1.82) is 0 Å². The number of fused-ring (bicyclic) bond motifs is 1. The normalized spacial score (nSPS) is 18.3. The zero-order valence-electron chi connectivity index (χ0n) is 22.4. The number of sulfonamides is 1. The standard InChI is InChI=1S/C29H25Cl2FN4O4S2/c1-42(38,39)35-27(37)16-11-20(32)24-21(12-16)41-28(33-24)36-9-7-29(8-10-36)13-17(14-29)22-25(34-40-26(22)15-5-6-15)23-18(30)3-2-4-19(23)31/h2-4,11-13,15H,5-10,14H2,1H3,(H,35,37). The number of allylic oxidation sites excluding steroid dienone is 2. The summed E-state index contributed by atoms with van der Waals surface area (Å²) < 4.78 is 45.9. The van der Waals surface area contributed by atoms with Gasteiger partial charge in [-0.05, 0) is 67.4 Å². The molecule has 3 heterocycles. The van der Waals surface area contributed by atoms with E-state index >= 15 is 0 Å². The Hall–Kier alpha value is -2.99. The molecule has 2 aromatic heterocycles. The number of benzene rings is 2. The second-order valence-corrected chi connectivity index (χ2v) is 14.9. The lowest BCUT2D eigenvalue weighted by Crippen LogP contribution is -2.42.